The van der Waals surface area contributed by atoms with Crippen LogP contribution in [0.3, 0.4) is 0 Å². The average Bonchev–Trinajstić information content (AvgIpc) is 2.46. The van der Waals surface area contributed by atoms with E-state index in [1.807, 2.05) is 54.6 Å². The molecule has 0 aliphatic carbocycles. The predicted octanol–water partition coefficient (Wildman–Crippen LogP) is 3.49. The first-order valence-corrected chi connectivity index (χ1v) is 5.82. The smallest absolute Gasteiger partial charge is 0.214 e. The second-order valence-corrected chi connectivity index (χ2v) is 3.98. The van der Waals surface area contributed by atoms with E-state index in [0.717, 1.165) is 23.2 Å². The Morgan fingerprint density at radius 1 is 1.00 bits per heavy atom. The van der Waals surface area contributed by atoms with Gasteiger partial charge >= 0.3 is 0 Å². The van der Waals surface area contributed by atoms with E-state index in [1.165, 1.54) is 0 Å². The van der Waals surface area contributed by atoms with Crippen LogP contribution in [-0.2, 0) is 11.3 Å². The van der Waals surface area contributed by atoms with Crippen molar-refractivity contribution in [2.75, 3.05) is 4.90 Å². The molecular weight excluding hydrogens is 222 g/mol. The van der Waals surface area contributed by atoms with E-state index in [4.69, 9.17) is 0 Å². The highest BCUT2D eigenvalue weighted by molar-refractivity contribution is 5.80. The molecule has 0 unspecified atom stereocenters. The van der Waals surface area contributed by atoms with E-state index in [1.54, 1.807) is 11.0 Å². The summed E-state index contributed by atoms with van der Waals surface area (Å²) in [5.41, 5.74) is 2.94. The molecule has 2 aromatic rings. The molecular formula is C16H15NO. The fourth-order valence-electron chi connectivity index (χ4n) is 1.88. The van der Waals surface area contributed by atoms with Crippen molar-refractivity contribution in [3.05, 3.63) is 72.3 Å². The van der Waals surface area contributed by atoms with E-state index in [-0.39, 0.29) is 0 Å². The van der Waals surface area contributed by atoms with Gasteiger partial charge < -0.3 is 4.90 Å². The number of anilines is 1. The molecule has 2 heteroatoms. The summed E-state index contributed by atoms with van der Waals surface area (Å²) in [5.74, 6) is 0. The van der Waals surface area contributed by atoms with Crippen LogP contribution in [0.15, 0.2) is 61.2 Å². The molecule has 90 valence electrons. The second-order valence-electron chi connectivity index (χ2n) is 3.98. The summed E-state index contributed by atoms with van der Waals surface area (Å²) in [6.45, 7) is 4.34. The summed E-state index contributed by atoms with van der Waals surface area (Å²) in [7, 11) is 0. The molecule has 0 fully saturated rings. The number of nitrogens with zero attached hydrogens (tertiary/aromatic N) is 1. The van der Waals surface area contributed by atoms with Crippen LogP contribution in [0.5, 0.6) is 0 Å². The van der Waals surface area contributed by atoms with Crippen LogP contribution < -0.4 is 4.90 Å². The fourth-order valence-corrected chi connectivity index (χ4v) is 1.88. The molecule has 0 radical (unpaired) electrons. The third-order valence-corrected chi connectivity index (χ3v) is 2.79. The molecule has 0 spiro atoms. The van der Waals surface area contributed by atoms with Crippen LogP contribution in [0.25, 0.3) is 6.08 Å². The molecule has 0 aliphatic rings. The van der Waals surface area contributed by atoms with Gasteiger partial charge in [-0.05, 0) is 17.2 Å². The number of benzene rings is 2. The molecule has 2 aromatic carbocycles. The van der Waals surface area contributed by atoms with Crippen LogP contribution in [0.4, 0.5) is 5.69 Å². The van der Waals surface area contributed by atoms with Gasteiger partial charge in [0.05, 0.1) is 12.2 Å². The van der Waals surface area contributed by atoms with Gasteiger partial charge in [0.1, 0.15) is 0 Å². The Morgan fingerprint density at radius 3 is 2.33 bits per heavy atom. The van der Waals surface area contributed by atoms with Crippen LogP contribution in [-0.4, -0.2) is 6.41 Å². The van der Waals surface area contributed by atoms with Gasteiger partial charge in [0.2, 0.25) is 6.41 Å². The van der Waals surface area contributed by atoms with E-state index in [0.29, 0.717) is 6.54 Å². The lowest BCUT2D eigenvalue weighted by molar-refractivity contribution is -0.107. The first-order valence-electron chi connectivity index (χ1n) is 5.82. The summed E-state index contributed by atoms with van der Waals surface area (Å²) >= 11 is 0. The molecule has 0 aromatic heterocycles. The molecule has 2 rings (SSSR count). The topological polar surface area (TPSA) is 20.3 Å². The molecule has 0 saturated heterocycles. The normalized spacial score (nSPS) is 9.78. The summed E-state index contributed by atoms with van der Waals surface area (Å²) < 4.78 is 0. The standard InChI is InChI=1S/C16H15NO/c1-2-15-10-6-7-11-16(15)17(13-18)12-14-8-4-3-5-9-14/h2-11,13H,1,12H2. The van der Waals surface area contributed by atoms with Crippen LogP contribution in [0, 0.1) is 0 Å². The highest BCUT2D eigenvalue weighted by Crippen LogP contribution is 2.21. The molecule has 0 bridgehead atoms. The molecule has 18 heavy (non-hydrogen) atoms. The number of hydrogen-bond acceptors (Lipinski definition) is 1. The number of carbonyl (C=O) groups excluding carboxylic acids is 1. The monoisotopic (exact) mass is 237 g/mol. The SMILES string of the molecule is C=Cc1ccccc1N(C=O)Cc1ccccc1. The summed E-state index contributed by atoms with van der Waals surface area (Å²) in [6.07, 6.45) is 2.62. The zero-order valence-corrected chi connectivity index (χ0v) is 10.1. The zero-order valence-electron chi connectivity index (χ0n) is 10.1. The number of hydrogen-bond donors (Lipinski definition) is 0. The van der Waals surface area contributed by atoms with Crippen molar-refractivity contribution in [1.82, 2.24) is 0 Å². The number of carbonyl (C=O) groups is 1. The molecule has 0 aliphatic heterocycles. The van der Waals surface area contributed by atoms with E-state index >= 15 is 0 Å². The quantitative estimate of drug-likeness (QED) is 0.729. The maximum atomic E-state index is 11.3. The predicted molar refractivity (Wildman–Crippen MR) is 75.2 cm³/mol. The Kier molecular flexibility index (Phi) is 3.92. The van der Waals surface area contributed by atoms with Gasteiger partial charge in [-0.15, -0.1) is 0 Å². The molecule has 0 heterocycles. The first-order chi connectivity index (χ1) is 8.85. The lowest BCUT2D eigenvalue weighted by atomic mass is 10.1. The minimum atomic E-state index is 0.565. The van der Waals surface area contributed by atoms with E-state index in [2.05, 4.69) is 6.58 Å². The maximum Gasteiger partial charge on any atom is 0.214 e. The van der Waals surface area contributed by atoms with Gasteiger partial charge in [-0.2, -0.15) is 0 Å². The Hall–Kier alpha value is -2.35. The van der Waals surface area contributed by atoms with Gasteiger partial charge in [0, 0.05) is 0 Å². The highest BCUT2D eigenvalue weighted by Gasteiger charge is 2.08. The third kappa shape index (κ3) is 2.66. The number of rotatable bonds is 5. The van der Waals surface area contributed by atoms with Gasteiger partial charge in [-0.3, -0.25) is 4.79 Å². The van der Waals surface area contributed by atoms with Crippen molar-refractivity contribution in [3.63, 3.8) is 0 Å². The fraction of sp³-hybridized carbons (Fsp3) is 0.0625. The largest absolute Gasteiger partial charge is 0.310 e. The van der Waals surface area contributed by atoms with Gasteiger partial charge in [-0.1, -0.05) is 61.2 Å². The maximum absolute atomic E-state index is 11.3. The second kappa shape index (κ2) is 5.82. The Labute approximate surface area is 107 Å². The van der Waals surface area contributed by atoms with Crippen molar-refractivity contribution in [3.8, 4) is 0 Å². The molecule has 1 amide bonds. The van der Waals surface area contributed by atoms with Crippen molar-refractivity contribution in [2.24, 2.45) is 0 Å². The number of amides is 1. The molecule has 0 atom stereocenters. The Bertz CT molecular complexity index is 534. The minimum absolute atomic E-state index is 0.565. The molecule has 2 nitrogen and oxygen atoms in total. The lowest BCUT2D eigenvalue weighted by Crippen LogP contribution is -2.21. The van der Waals surface area contributed by atoms with Crippen LogP contribution in [0.2, 0.25) is 0 Å². The summed E-state index contributed by atoms with van der Waals surface area (Å²) in [6, 6.07) is 17.6. The van der Waals surface area contributed by atoms with Crippen LogP contribution >= 0.6 is 0 Å². The Balaban J connectivity index is 2.28. The van der Waals surface area contributed by atoms with Crippen molar-refractivity contribution in [1.29, 1.82) is 0 Å². The zero-order chi connectivity index (χ0) is 12.8. The van der Waals surface area contributed by atoms with E-state index < -0.39 is 0 Å². The van der Waals surface area contributed by atoms with Crippen molar-refractivity contribution in [2.45, 2.75) is 6.54 Å². The Morgan fingerprint density at radius 2 is 1.67 bits per heavy atom. The van der Waals surface area contributed by atoms with E-state index in [9.17, 15) is 4.79 Å². The number of para-hydroxylation sites is 1. The van der Waals surface area contributed by atoms with Gasteiger partial charge in [-0.25, -0.2) is 0 Å². The average molecular weight is 237 g/mol. The van der Waals surface area contributed by atoms with Gasteiger partial charge in [0.25, 0.3) is 0 Å². The molecule has 0 N–H and O–H groups in total. The lowest BCUT2D eigenvalue weighted by Gasteiger charge is -2.19. The van der Waals surface area contributed by atoms with Crippen LogP contribution in [0.1, 0.15) is 11.1 Å². The first kappa shape index (κ1) is 12.1. The van der Waals surface area contributed by atoms with Crippen molar-refractivity contribution < 1.29 is 4.79 Å². The third-order valence-electron chi connectivity index (χ3n) is 2.79. The van der Waals surface area contributed by atoms with Crippen molar-refractivity contribution >= 4 is 18.2 Å². The van der Waals surface area contributed by atoms with Gasteiger partial charge in [0.15, 0.2) is 0 Å². The minimum Gasteiger partial charge on any atom is -0.310 e. The highest BCUT2D eigenvalue weighted by atomic mass is 16.1. The summed E-state index contributed by atoms with van der Waals surface area (Å²) in [5, 5.41) is 0. The molecule has 0 saturated carbocycles. The summed E-state index contributed by atoms with van der Waals surface area (Å²) in [4.78, 5) is 13.0.